The summed E-state index contributed by atoms with van der Waals surface area (Å²) in [5, 5.41) is 28.1. The van der Waals surface area contributed by atoms with Crippen LogP contribution in [0, 0.1) is 11.8 Å². The Balaban J connectivity index is 0.000000237. The number of nitrogens with zero attached hydrogens (tertiary/aromatic N) is 3. The number of alkyl carbamates (subject to hydrolysis) is 2. The van der Waals surface area contributed by atoms with Gasteiger partial charge >= 0.3 is 36.2 Å². The van der Waals surface area contributed by atoms with Gasteiger partial charge in [0.25, 0.3) is 5.91 Å². The normalized spacial score (nSPS) is 32.7. The smallest absolute Gasteiger partial charge is 0.418 e. The number of aliphatic hydroxyl groups excluding tert-OH is 1. The summed E-state index contributed by atoms with van der Waals surface area (Å²) < 4.78 is 27.2. The van der Waals surface area contributed by atoms with Gasteiger partial charge in [-0.3, -0.25) is 24.0 Å². The lowest BCUT2D eigenvalue weighted by molar-refractivity contribution is -0.157. The van der Waals surface area contributed by atoms with Crippen molar-refractivity contribution in [1.82, 2.24) is 30.7 Å². The molecule has 2 saturated heterocycles. The molecule has 10 atom stereocenters. The summed E-state index contributed by atoms with van der Waals surface area (Å²) in [5.41, 5.74) is -4.05. The van der Waals surface area contributed by atoms with Gasteiger partial charge in [0, 0.05) is 38.1 Å². The Bertz CT molecular complexity index is 2340. The molecule has 0 spiro atoms. The Kier molecular flexibility index (Phi) is 20.1. The molecule has 79 heavy (non-hydrogen) atoms. The molecule has 0 aromatic rings. The lowest BCUT2D eigenvalue weighted by atomic mass is 10.0. The summed E-state index contributed by atoms with van der Waals surface area (Å²) >= 11 is 0. The number of aliphatic hydroxyl groups is 1. The number of methoxy groups -OCH3 is 1. The maximum absolute atomic E-state index is 14.5. The van der Waals surface area contributed by atoms with Gasteiger partial charge in [-0.25, -0.2) is 28.9 Å². The average molecular weight is 1110 g/mol. The number of carbonyl (C=O) groups excluding carboxylic acids is 9. The van der Waals surface area contributed by atoms with E-state index in [1.165, 1.54) is 23.8 Å². The van der Waals surface area contributed by atoms with E-state index in [1.54, 1.807) is 20.8 Å². The molecule has 4 aliphatic heterocycles. The van der Waals surface area contributed by atoms with Crippen molar-refractivity contribution in [1.29, 1.82) is 0 Å². The lowest BCUT2D eigenvalue weighted by Gasteiger charge is -2.35. The second-order valence-corrected chi connectivity index (χ2v) is 23.5. The molecule has 23 nitrogen and oxygen atoms in total. The van der Waals surface area contributed by atoms with Gasteiger partial charge in [0.15, 0.2) is 5.54 Å². The van der Waals surface area contributed by atoms with E-state index in [1.807, 2.05) is 24.3 Å². The number of amides is 7. The van der Waals surface area contributed by atoms with Gasteiger partial charge in [-0.1, -0.05) is 50.0 Å². The zero-order valence-electron chi connectivity index (χ0n) is 46.4. The van der Waals surface area contributed by atoms with E-state index in [-0.39, 0.29) is 50.5 Å². The number of hydrogen-bond acceptors (Lipinski definition) is 16. The molecule has 0 aromatic heterocycles. The molecule has 5 N–H and O–H groups in total. The zero-order chi connectivity index (χ0) is 57.2. The number of carboxylic acids is 1. The van der Waals surface area contributed by atoms with Crippen molar-refractivity contribution in [3.63, 3.8) is 0 Å². The first kappa shape index (κ1) is 60.4. The molecular weight excluding hydrogens is 1030 g/mol. The summed E-state index contributed by atoms with van der Waals surface area (Å²) in [7, 11) is 1.19. The molecule has 6 fully saturated rings. The van der Waals surface area contributed by atoms with Gasteiger partial charge in [-0.05, 0) is 124 Å². The maximum atomic E-state index is 14.5. The first-order valence-electron chi connectivity index (χ1n) is 28.5. The number of carbonyl (C=O) groups is 10. The van der Waals surface area contributed by atoms with E-state index >= 15 is 0 Å². The maximum Gasteiger partial charge on any atom is 0.418 e. The summed E-state index contributed by atoms with van der Waals surface area (Å²) in [6.07, 6.45) is 17.2. The largest absolute Gasteiger partial charge is 0.479 e. The van der Waals surface area contributed by atoms with Crippen molar-refractivity contribution >= 4 is 59.8 Å². The molecule has 4 heterocycles. The van der Waals surface area contributed by atoms with Crippen molar-refractivity contribution < 1.29 is 81.8 Å². The SMILES string of the molecule is COC(=O)[C@@]12C[C@H]1/C=C\CCCCC[C@H](NC(=O)OC1CCCC1)C(=O)N1C[C@H](OC(C)=O)C[C@H]1C(=O)N2C(=O)OC(C)(C)C.O=C(N[C@H]1CCCCC/C=C\[C@@H]2C[C@@]2(C(=O)O)NC(=O)[C@@H]2C[C@@H](O)CN2C1=O)OC1CCCC1. The molecule has 4 aliphatic carbocycles. The monoisotopic (exact) mass is 1110 g/mol. The van der Waals surface area contributed by atoms with Crippen LogP contribution in [0.25, 0.3) is 0 Å². The minimum Gasteiger partial charge on any atom is -0.479 e. The number of fused-ring (bicyclic) bond motifs is 4. The third-order valence-corrected chi connectivity index (χ3v) is 16.3. The number of hydrogen-bond donors (Lipinski definition) is 5. The van der Waals surface area contributed by atoms with E-state index in [4.69, 9.17) is 23.7 Å². The zero-order valence-corrected chi connectivity index (χ0v) is 46.4. The summed E-state index contributed by atoms with van der Waals surface area (Å²) in [4.78, 5) is 135. The molecule has 4 saturated carbocycles. The van der Waals surface area contributed by atoms with Crippen molar-refractivity contribution in [2.75, 3.05) is 20.2 Å². The average Bonchev–Trinajstić information content (AvgIpc) is 3.28. The predicted molar refractivity (Wildman–Crippen MR) is 280 cm³/mol. The highest BCUT2D eigenvalue weighted by Crippen LogP contribution is 2.52. The van der Waals surface area contributed by atoms with E-state index in [0.29, 0.717) is 38.5 Å². The molecule has 7 amide bonds. The topological polar surface area (TPSA) is 303 Å². The van der Waals surface area contributed by atoms with Gasteiger partial charge in [0.1, 0.15) is 53.6 Å². The van der Waals surface area contributed by atoms with Gasteiger partial charge in [-0.15, -0.1) is 0 Å². The van der Waals surface area contributed by atoms with Gasteiger partial charge < -0.3 is 59.6 Å². The molecule has 0 bridgehead atoms. The minimum absolute atomic E-state index is 0.0209. The number of ether oxygens (including phenoxy) is 5. The number of rotatable bonds is 7. The predicted octanol–water partition coefficient (Wildman–Crippen LogP) is 5.24. The van der Waals surface area contributed by atoms with Crippen LogP contribution in [0.5, 0.6) is 0 Å². The van der Waals surface area contributed by atoms with Gasteiger partial charge in [0.05, 0.1) is 19.8 Å². The summed E-state index contributed by atoms with van der Waals surface area (Å²) in [6.45, 7) is 5.96. The minimum atomic E-state index is -1.66. The molecule has 23 heteroatoms. The second kappa shape index (κ2) is 26.3. The Morgan fingerprint density at radius 1 is 0.646 bits per heavy atom. The molecule has 0 aromatic carbocycles. The first-order chi connectivity index (χ1) is 37.6. The summed E-state index contributed by atoms with van der Waals surface area (Å²) in [5.74, 6) is -5.75. The van der Waals surface area contributed by atoms with Crippen LogP contribution in [0.2, 0.25) is 0 Å². The van der Waals surface area contributed by atoms with Crippen LogP contribution in [0.4, 0.5) is 14.4 Å². The van der Waals surface area contributed by atoms with E-state index in [0.717, 1.165) is 88.4 Å². The van der Waals surface area contributed by atoms with Crippen LogP contribution in [0.1, 0.15) is 169 Å². The quantitative estimate of drug-likeness (QED) is 0.124. The number of carboxylic acid groups (broad SMARTS) is 1. The van der Waals surface area contributed by atoms with Gasteiger partial charge in [-0.2, -0.15) is 0 Å². The summed E-state index contributed by atoms with van der Waals surface area (Å²) in [6, 6.07) is -4.19. The van der Waals surface area contributed by atoms with Crippen LogP contribution < -0.4 is 16.0 Å². The van der Waals surface area contributed by atoms with E-state index in [9.17, 15) is 58.2 Å². The van der Waals surface area contributed by atoms with Crippen LogP contribution in [-0.4, -0.2) is 170 Å². The lowest BCUT2D eigenvalue weighted by Crippen LogP contribution is -2.60. The van der Waals surface area contributed by atoms with Crippen LogP contribution in [0.15, 0.2) is 24.3 Å². The number of esters is 2. The molecule has 438 valence electrons. The molecule has 0 unspecified atom stereocenters. The highest BCUT2D eigenvalue weighted by Gasteiger charge is 2.69. The van der Waals surface area contributed by atoms with Crippen LogP contribution in [-0.2, 0) is 57.2 Å². The highest BCUT2D eigenvalue weighted by atomic mass is 16.6. The number of aliphatic carboxylic acids is 1. The van der Waals surface area contributed by atoms with E-state index < -0.39 is 119 Å². The number of allylic oxidation sites excluding steroid dienone is 2. The third-order valence-electron chi connectivity index (χ3n) is 16.3. The second-order valence-electron chi connectivity index (χ2n) is 23.5. The Morgan fingerprint density at radius 2 is 1.16 bits per heavy atom. The molecule has 8 rings (SSSR count). The number of nitrogens with one attached hydrogen (secondary N) is 3. The fourth-order valence-electron chi connectivity index (χ4n) is 12.0. The van der Waals surface area contributed by atoms with Crippen molar-refractivity contribution in [3.05, 3.63) is 24.3 Å². The fraction of sp³-hybridized carbons (Fsp3) is 0.750. The van der Waals surface area contributed by atoms with Crippen molar-refractivity contribution in [3.8, 4) is 0 Å². The Labute approximate surface area is 461 Å². The molecule has 0 radical (unpaired) electrons. The first-order valence-corrected chi connectivity index (χ1v) is 28.5. The fourth-order valence-corrected chi connectivity index (χ4v) is 12.0. The molecular formula is C56H82N6O17. The molecule has 8 aliphatic rings. The third kappa shape index (κ3) is 15.2. The van der Waals surface area contributed by atoms with Crippen LogP contribution in [0.3, 0.4) is 0 Å². The standard InChI is InChI=1S/C32H47N3O10.C24H35N3O7/c1-20(36)43-23-17-25-27(38)35(30(41)45-31(2,3)4)32(28(39)42-5)18-21(32)13-9-7-6-8-10-16-24(26(37)34(25)19-23)33-29(40)44-22-14-11-12-15-22;28-16-12-19-20(29)26-24(22(31)32)13-15(24)8-4-2-1-3-5-11-18(21(30)27(19)14-16)25-23(33)34-17-9-6-7-10-17/h9,13,21-25H,6-8,10-12,14-19H2,1-5H3,(H,33,40);4,8,15-19,28H,1-3,5-7,9-14H2,(H,25,33)(H,26,29)(H,31,32)/b13-9-;8-4-/t21-,23-,24+,25+,32-;15-,16-,18+,19+,24-/m11/s1. The Morgan fingerprint density at radius 3 is 1.67 bits per heavy atom. The highest BCUT2D eigenvalue weighted by molar-refractivity contribution is 6.05. The van der Waals surface area contributed by atoms with Crippen molar-refractivity contribution in [2.45, 2.75) is 234 Å². The van der Waals surface area contributed by atoms with E-state index in [2.05, 4.69) is 16.0 Å². The van der Waals surface area contributed by atoms with Crippen molar-refractivity contribution in [2.24, 2.45) is 11.8 Å². The Hall–Kier alpha value is -6.26. The van der Waals surface area contributed by atoms with Gasteiger partial charge in [0.2, 0.25) is 17.7 Å². The number of imide groups is 1. The van der Waals surface area contributed by atoms with Crippen LogP contribution >= 0.6 is 0 Å².